The zero-order valence-corrected chi connectivity index (χ0v) is 13.5. The highest BCUT2D eigenvalue weighted by molar-refractivity contribution is 14.1. The third-order valence-electron chi connectivity index (χ3n) is 3.82. The van der Waals surface area contributed by atoms with Gasteiger partial charge >= 0.3 is 0 Å². The first-order valence-corrected chi connectivity index (χ1v) is 7.52. The van der Waals surface area contributed by atoms with Gasteiger partial charge in [0.15, 0.2) is 0 Å². The molecule has 1 saturated heterocycles. The minimum absolute atomic E-state index is 0.194. The number of carbonyl (C=O) groups excluding carboxylic acids is 1. The maximum absolute atomic E-state index is 12.5. The van der Waals surface area contributed by atoms with Crippen molar-refractivity contribution < 1.29 is 4.79 Å². The van der Waals surface area contributed by atoms with E-state index in [-0.39, 0.29) is 5.91 Å². The number of amides is 1. The van der Waals surface area contributed by atoms with E-state index in [4.69, 9.17) is 0 Å². The van der Waals surface area contributed by atoms with E-state index in [1.54, 1.807) is 0 Å². The van der Waals surface area contributed by atoms with Crippen LogP contribution in [0.2, 0.25) is 0 Å². The first kappa shape index (κ1) is 13.8. The van der Waals surface area contributed by atoms with Crippen molar-refractivity contribution in [1.29, 1.82) is 0 Å². The molecule has 0 radical (unpaired) electrons. The van der Waals surface area contributed by atoms with Crippen LogP contribution in [0.25, 0.3) is 0 Å². The standard InChI is InChI=1S/C15H20INO/c1-11-10-12(16)4-5-13(11)14(18)17-8-6-15(2,3)7-9-17/h4-5,10H,6-9H2,1-3H3. The van der Waals surface area contributed by atoms with Crippen LogP contribution in [0.15, 0.2) is 18.2 Å². The van der Waals surface area contributed by atoms with Gasteiger partial charge in [-0.05, 0) is 71.5 Å². The number of rotatable bonds is 1. The molecule has 0 spiro atoms. The maximum Gasteiger partial charge on any atom is 0.254 e. The Morgan fingerprint density at radius 1 is 1.28 bits per heavy atom. The number of likely N-dealkylation sites (tertiary alicyclic amines) is 1. The molecular weight excluding hydrogens is 337 g/mol. The van der Waals surface area contributed by atoms with Crippen LogP contribution in [-0.2, 0) is 0 Å². The van der Waals surface area contributed by atoms with Crippen molar-refractivity contribution in [3.63, 3.8) is 0 Å². The van der Waals surface area contributed by atoms with E-state index in [2.05, 4.69) is 42.5 Å². The van der Waals surface area contributed by atoms with Crippen molar-refractivity contribution in [2.75, 3.05) is 13.1 Å². The Labute approximate surface area is 123 Å². The lowest BCUT2D eigenvalue weighted by atomic mass is 9.82. The molecule has 18 heavy (non-hydrogen) atoms. The third-order valence-corrected chi connectivity index (χ3v) is 4.49. The van der Waals surface area contributed by atoms with Gasteiger partial charge in [0.1, 0.15) is 0 Å². The molecule has 1 aliphatic rings. The predicted molar refractivity (Wildman–Crippen MR) is 82.8 cm³/mol. The summed E-state index contributed by atoms with van der Waals surface area (Å²) in [5.41, 5.74) is 2.32. The van der Waals surface area contributed by atoms with E-state index in [0.717, 1.165) is 37.1 Å². The van der Waals surface area contributed by atoms with Crippen molar-refractivity contribution in [2.45, 2.75) is 33.6 Å². The fourth-order valence-electron chi connectivity index (χ4n) is 2.35. The second-order valence-electron chi connectivity index (χ2n) is 5.92. The first-order valence-electron chi connectivity index (χ1n) is 6.44. The van der Waals surface area contributed by atoms with Gasteiger partial charge in [-0.3, -0.25) is 4.79 Å². The average molecular weight is 357 g/mol. The molecule has 0 N–H and O–H groups in total. The fraction of sp³-hybridized carbons (Fsp3) is 0.533. The summed E-state index contributed by atoms with van der Waals surface area (Å²) < 4.78 is 1.18. The topological polar surface area (TPSA) is 20.3 Å². The molecule has 1 amide bonds. The Morgan fingerprint density at radius 2 is 1.89 bits per heavy atom. The number of hydrogen-bond donors (Lipinski definition) is 0. The number of benzene rings is 1. The lowest BCUT2D eigenvalue weighted by Gasteiger charge is -2.37. The second kappa shape index (κ2) is 5.19. The normalized spacial score (nSPS) is 18.8. The van der Waals surface area contributed by atoms with Crippen LogP contribution in [0.5, 0.6) is 0 Å². The third kappa shape index (κ3) is 3.05. The molecule has 0 saturated carbocycles. The maximum atomic E-state index is 12.5. The van der Waals surface area contributed by atoms with E-state index in [1.807, 2.05) is 24.0 Å². The van der Waals surface area contributed by atoms with Crippen molar-refractivity contribution in [1.82, 2.24) is 4.90 Å². The molecule has 0 aromatic heterocycles. The number of aryl methyl sites for hydroxylation is 1. The van der Waals surface area contributed by atoms with Gasteiger partial charge in [0.05, 0.1) is 0 Å². The van der Waals surface area contributed by atoms with Crippen LogP contribution in [0.3, 0.4) is 0 Å². The van der Waals surface area contributed by atoms with Crippen molar-refractivity contribution in [2.24, 2.45) is 5.41 Å². The smallest absolute Gasteiger partial charge is 0.254 e. The molecule has 0 aliphatic carbocycles. The summed E-state index contributed by atoms with van der Waals surface area (Å²) in [7, 11) is 0. The highest BCUT2D eigenvalue weighted by atomic mass is 127. The zero-order valence-electron chi connectivity index (χ0n) is 11.3. The number of carbonyl (C=O) groups is 1. The number of halogens is 1. The van der Waals surface area contributed by atoms with Crippen LogP contribution in [0.1, 0.15) is 42.6 Å². The van der Waals surface area contributed by atoms with Gasteiger partial charge in [-0.2, -0.15) is 0 Å². The Bertz CT molecular complexity index is 458. The Balaban J connectivity index is 2.13. The molecule has 1 aromatic carbocycles. The van der Waals surface area contributed by atoms with E-state index in [9.17, 15) is 4.79 Å². The molecule has 1 aromatic rings. The summed E-state index contributed by atoms with van der Waals surface area (Å²) in [5, 5.41) is 0. The zero-order chi connectivity index (χ0) is 13.3. The minimum Gasteiger partial charge on any atom is -0.339 e. The molecule has 3 heteroatoms. The van der Waals surface area contributed by atoms with Crippen molar-refractivity contribution in [3.05, 3.63) is 32.9 Å². The van der Waals surface area contributed by atoms with Gasteiger partial charge < -0.3 is 4.90 Å². The lowest BCUT2D eigenvalue weighted by Crippen LogP contribution is -2.41. The van der Waals surface area contributed by atoms with Crippen molar-refractivity contribution >= 4 is 28.5 Å². The monoisotopic (exact) mass is 357 g/mol. The van der Waals surface area contributed by atoms with Gasteiger partial charge in [0, 0.05) is 22.2 Å². The van der Waals surface area contributed by atoms with Crippen LogP contribution in [0, 0.1) is 15.9 Å². The molecule has 98 valence electrons. The van der Waals surface area contributed by atoms with E-state index in [1.165, 1.54) is 3.57 Å². The number of hydrogen-bond acceptors (Lipinski definition) is 1. The first-order chi connectivity index (χ1) is 8.39. The minimum atomic E-state index is 0.194. The predicted octanol–water partition coefficient (Wildman–Crippen LogP) is 3.86. The molecule has 1 heterocycles. The highest BCUT2D eigenvalue weighted by Crippen LogP contribution is 2.30. The molecule has 1 aliphatic heterocycles. The highest BCUT2D eigenvalue weighted by Gasteiger charge is 2.28. The van der Waals surface area contributed by atoms with Gasteiger partial charge in [-0.15, -0.1) is 0 Å². The van der Waals surface area contributed by atoms with Crippen LogP contribution >= 0.6 is 22.6 Å². The van der Waals surface area contributed by atoms with Crippen LogP contribution in [0.4, 0.5) is 0 Å². The molecular formula is C15H20INO. The summed E-state index contributed by atoms with van der Waals surface area (Å²) in [6, 6.07) is 6.04. The summed E-state index contributed by atoms with van der Waals surface area (Å²) in [6.07, 6.45) is 2.20. The van der Waals surface area contributed by atoms with E-state index >= 15 is 0 Å². The molecule has 0 bridgehead atoms. The van der Waals surface area contributed by atoms with Gasteiger partial charge in [0.25, 0.3) is 5.91 Å². The quantitative estimate of drug-likeness (QED) is 0.699. The summed E-state index contributed by atoms with van der Waals surface area (Å²) in [5.74, 6) is 0.194. The van der Waals surface area contributed by atoms with Crippen LogP contribution in [-0.4, -0.2) is 23.9 Å². The summed E-state index contributed by atoms with van der Waals surface area (Å²) in [4.78, 5) is 14.5. The molecule has 0 unspecified atom stereocenters. The Hall–Kier alpha value is -0.580. The Kier molecular flexibility index (Phi) is 3.99. The summed E-state index contributed by atoms with van der Waals surface area (Å²) in [6.45, 7) is 8.35. The van der Waals surface area contributed by atoms with E-state index in [0.29, 0.717) is 5.41 Å². The molecule has 2 nitrogen and oxygen atoms in total. The van der Waals surface area contributed by atoms with Crippen molar-refractivity contribution in [3.8, 4) is 0 Å². The number of piperidine rings is 1. The van der Waals surface area contributed by atoms with Gasteiger partial charge in [-0.25, -0.2) is 0 Å². The Morgan fingerprint density at radius 3 is 2.44 bits per heavy atom. The fourth-order valence-corrected chi connectivity index (χ4v) is 3.00. The van der Waals surface area contributed by atoms with E-state index < -0.39 is 0 Å². The molecule has 2 rings (SSSR count). The molecule has 1 fully saturated rings. The largest absolute Gasteiger partial charge is 0.339 e. The lowest BCUT2D eigenvalue weighted by molar-refractivity contribution is 0.0629. The average Bonchev–Trinajstić information content (AvgIpc) is 2.28. The number of nitrogens with zero attached hydrogens (tertiary/aromatic N) is 1. The summed E-state index contributed by atoms with van der Waals surface area (Å²) >= 11 is 2.28. The second-order valence-corrected chi connectivity index (χ2v) is 7.16. The van der Waals surface area contributed by atoms with Gasteiger partial charge in [0.2, 0.25) is 0 Å². The van der Waals surface area contributed by atoms with Crippen LogP contribution < -0.4 is 0 Å². The molecule has 0 atom stereocenters. The van der Waals surface area contributed by atoms with Gasteiger partial charge in [-0.1, -0.05) is 13.8 Å². The SMILES string of the molecule is Cc1cc(I)ccc1C(=O)N1CCC(C)(C)CC1.